The summed E-state index contributed by atoms with van der Waals surface area (Å²) in [6, 6.07) is 16.2. The fraction of sp³-hybridized carbons (Fsp3) is 0.125. The van der Waals surface area contributed by atoms with Crippen molar-refractivity contribution in [1.29, 1.82) is 5.41 Å². The van der Waals surface area contributed by atoms with Crippen molar-refractivity contribution in [2.24, 2.45) is 0 Å². The first-order chi connectivity index (χ1) is 15.9. The van der Waals surface area contributed by atoms with Crippen LogP contribution in [0.15, 0.2) is 70.1 Å². The van der Waals surface area contributed by atoms with Gasteiger partial charge in [0.2, 0.25) is 0 Å². The summed E-state index contributed by atoms with van der Waals surface area (Å²) in [5, 5.41) is 15.5. The SMILES string of the molecule is Cc1cc(NC(=O)c2cc3c(=O)n4cccc(C)c4nc3n(Cc3ccccc3)c2=N)no1. The highest BCUT2D eigenvalue weighted by molar-refractivity contribution is 6.05. The number of amides is 1. The van der Waals surface area contributed by atoms with Gasteiger partial charge in [0.25, 0.3) is 11.5 Å². The van der Waals surface area contributed by atoms with Crippen molar-refractivity contribution in [3.8, 4) is 0 Å². The minimum absolute atomic E-state index is 0.0330. The predicted molar refractivity (Wildman–Crippen MR) is 122 cm³/mol. The van der Waals surface area contributed by atoms with Gasteiger partial charge in [-0.3, -0.25) is 19.4 Å². The van der Waals surface area contributed by atoms with Crippen molar-refractivity contribution < 1.29 is 9.32 Å². The molecule has 0 fully saturated rings. The Morgan fingerprint density at radius 2 is 1.88 bits per heavy atom. The van der Waals surface area contributed by atoms with Crippen LogP contribution in [-0.2, 0) is 6.54 Å². The molecule has 0 saturated heterocycles. The Balaban J connectivity index is 1.78. The van der Waals surface area contributed by atoms with Crippen LogP contribution in [0.4, 0.5) is 5.82 Å². The molecule has 0 aliphatic heterocycles. The third-order valence-electron chi connectivity index (χ3n) is 5.43. The Kier molecular flexibility index (Phi) is 4.86. The normalized spacial score (nSPS) is 11.2. The van der Waals surface area contributed by atoms with E-state index in [1.165, 1.54) is 10.5 Å². The zero-order chi connectivity index (χ0) is 23.1. The summed E-state index contributed by atoms with van der Waals surface area (Å²) in [5.41, 5.74) is 2.25. The van der Waals surface area contributed by atoms with Crippen molar-refractivity contribution in [1.82, 2.24) is 19.1 Å². The van der Waals surface area contributed by atoms with Crippen LogP contribution in [0.1, 0.15) is 27.2 Å². The lowest BCUT2D eigenvalue weighted by Crippen LogP contribution is -2.32. The summed E-state index contributed by atoms with van der Waals surface area (Å²) in [6.07, 6.45) is 1.64. The van der Waals surface area contributed by atoms with Crippen LogP contribution in [0.5, 0.6) is 0 Å². The van der Waals surface area contributed by atoms with E-state index in [2.05, 4.69) is 10.5 Å². The van der Waals surface area contributed by atoms with Crippen LogP contribution in [0.2, 0.25) is 0 Å². The predicted octanol–water partition coefficient (Wildman–Crippen LogP) is 3.03. The quantitative estimate of drug-likeness (QED) is 0.417. The maximum absolute atomic E-state index is 13.4. The van der Waals surface area contributed by atoms with E-state index < -0.39 is 5.91 Å². The topological polar surface area (TPSA) is 118 Å². The van der Waals surface area contributed by atoms with Gasteiger partial charge in [-0.15, -0.1) is 0 Å². The molecule has 33 heavy (non-hydrogen) atoms. The molecule has 1 amide bonds. The molecule has 0 spiro atoms. The van der Waals surface area contributed by atoms with E-state index in [9.17, 15) is 9.59 Å². The smallest absolute Gasteiger partial charge is 0.267 e. The van der Waals surface area contributed by atoms with Crippen LogP contribution < -0.4 is 16.4 Å². The highest BCUT2D eigenvalue weighted by Crippen LogP contribution is 2.15. The van der Waals surface area contributed by atoms with Crippen molar-refractivity contribution in [2.45, 2.75) is 20.4 Å². The van der Waals surface area contributed by atoms with Crippen molar-refractivity contribution in [3.63, 3.8) is 0 Å². The summed E-state index contributed by atoms with van der Waals surface area (Å²) < 4.78 is 8.04. The van der Waals surface area contributed by atoms with Gasteiger partial charge >= 0.3 is 0 Å². The Hall–Kier alpha value is -4.53. The minimum Gasteiger partial charge on any atom is -0.360 e. The summed E-state index contributed by atoms with van der Waals surface area (Å²) in [5.74, 6) is 0.208. The Morgan fingerprint density at radius 1 is 1.09 bits per heavy atom. The van der Waals surface area contributed by atoms with E-state index in [1.807, 2.05) is 43.3 Å². The fourth-order valence-corrected chi connectivity index (χ4v) is 3.80. The molecule has 164 valence electrons. The first-order valence-electron chi connectivity index (χ1n) is 10.3. The number of nitrogens with zero attached hydrogens (tertiary/aromatic N) is 4. The number of rotatable bonds is 4. The molecule has 0 bridgehead atoms. The van der Waals surface area contributed by atoms with Crippen LogP contribution >= 0.6 is 0 Å². The number of hydrogen-bond acceptors (Lipinski definition) is 6. The number of carbonyl (C=O) groups is 1. The van der Waals surface area contributed by atoms with E-state index >= 15 is 0 Å². The molecule has 0 atom stereocenters. The zero-order valence-corrected chi connectivity index (χ0v) is 18.0. The monoisotopic (exact) mass is 440 g/mol. The summed E-state index contributed by atoms with van der Waals surface area (Å²) in [4.78, 5) is 31.2. The molecule has 9 heteroatoms. The molecule has 2 N–H and O–H groups in total. The number of benzene rings is 1. The van der Waals surface area contributed by atoms with E-state index in [0.29, 0.717) is 17.1 Å². The van der Waals surface area contributed by atoms with Gasteiger partial charge in [0.15, 0.2) is 5.82 Å². The third-order valence-corrected chi connectivity index (χ3v) is 5.43. The number of aromatic nitrogens is 4. The largest absolute Gasteiger partial charge is 0.360 e. The van der Waals surface area contributed by atoms with Crippen LogP contribution in [0.25, 0.3) is 16.7 Å². The number of carbonyl (C=O) groups excluding carboxylic acids is 1. The van der Waals surface area contributed by atoms with Gasteiger partial charge in [-0.1, -0.05) is 41.6 Å². The number of fused-ring (bicyclic) bond motifs is 2. The average molecular weight is 440 g/mol. The van der Waals surface area contributed by atoms with Crippen molar-refractivity contribution >= 4 is 28.4 Å². The van der Waals surface area contributed by atoms with E-state index in [0.717, 1.165) is 11.1 Å². The highest BCUT2D eigenvalue weighted by Gasteiger charge is 2.19. The van der Waals surface area contributed by atoms with Crippen LogP contribution in [-0.4, -0.2) is 25.0 Å². The first kappa shape index (κ1) is 20.4. The number of anilines is 1. The summed E-state index contributed by atoms with van der Waals surface area (Å²) in [6.45, 7) is 3.86. The highest BCUT2D eigenvalue weighted by atomic mass is 16.5. The molecule has 9 nitrogen and oxygen atoms in total. The molecule has 1 aromatic carbocycles. The maximum atomic E-state index is 13.4. The van der Waals surface area contributed by atoms with Gasteiger partial charge in [0.1, 0.15) is 22.5 Å². The van der Waals surface area contributed by atoms with Gasteiger partial charge in [-0.05, 0) is 37.1 Å². The Labute approximate surface area is 187 Å². The van der Waals surface area contributed by atoms with Gasteiger partial charge in [0.05, 0.1) is 17.5 Å². The molecule has 4 aromatic heterocycles. The molecule has 0 radical (unpaired) electrons. The standard InChI is InChI=1S/C24H20N6O3/c1-14-7-6-10-29-21(14)27-22-18(24(29)32)12-17(23(31)26-19-11-15(2)33-28-19)20(25)30(22)13-16-8-4-3-5-9-16/h3-12,25H,13H2,1-2H3,(H,26,28,31). The van der Waals surface area contributed by atoms with Gasteiger partial charge in [-0.25, -0.2) is 4.98 Å². The number of nitrogens with one attached hydrogen (secondary N) is 2. The molecule has 5 aromatic rings. The molecular formula is C24H20N6O3. The van der Waals surface area contributed by atoms with Gasteiger partial charge < -0.3 is 14.4 Å². The number of hydrogen-bond donors (Lipinski definition) is 2. The lowest BCUT2D eigenvalue weighted by atomic mass is 10.1. The molecular weight excluding hydrogens is 420 g/mol. The molecule has 0 aliphatic carbocycles. The van der Waals surface area contributed by atoms with E-state index in [4.69, 9.17) is 14.9 Å². The van der Waals surface area contributed by atoms with Crippen molar-refractivity contribution in [2.75, 3.05) is 5.32 Å². The summed E-state index contributed by atoms with van der Waals surface area (Å²) >= 11 is 0. The molecule has 0 aliphatic rings. The third kappa shape index (κ3) is 3.59. The molecule has 0 unspecified atom stereocenters. The number of pyridine rings is 2. The van der Waals surface area contributed by atoms with Gasteiger partial charge in [-0.2, -0.15) is 0 Å². The van der Waals surface area contributed by atoms with Crippen molar-refractivity contribution in [3.05, 3.63) is 99.1 Å². The van der Waals surface area contributed by atoms with Gasteiger partial charge in [0, 0.05) is 12.3 Å². The first-order valence-corrected chi connectivity index (χ1v) is 10.3. The maximum Gasteiger partial charge on any atom is 0.267 e. The number of aryl methyl sites for hydroxylation is 2. The lowest BCUT2D eigenvalue weighted by molar-refractivity contribution is 0.102. The summed E-state index contributed by atoms with van der Waals surface area (Å²) in [7, 11) is 0. The second-order valence-electron chi connectivity index (χ2n) is 7.79. The van der Waals surface area contributed by atoms with E-state index in [-0.39, 0.29) is 34.4 Å². The Bertz CT molecular complexity index is 1650. The molecule has 0 saturated carbocycles. The second kappa shape index (κ2) is 7.86. The lowest BCUT2D eigenvalue weighted by Gasteiger charge is -2.15. The van der Waals surface area contributed by atoms with Crippen LogP contribution in [0, 0.1) is 19.3 Å². The average Bonchev–Trinajstić information content (AvgIpc) is 3.21. The van der Waals surface area contributed by atoms with E-state index in [1.54, 1.807) is 29.8 Å². The Morgan fingerprint density at radius 3 is 2.61 bits per heavy atom. The second-order valence-corrected chi connectivity index (χ2v) is 7.79. The minimum atomic E-state index is -0.564. The zero-order valence-electron chi connectivity index (χ0n) is 18.0. The molecule has 5 rings (SSSR count). The van der Waals surface area contributed by atoms with Crippen LogP contribution in [0.3, 0.4) is 0 Å². The molecule has 4 heterocycles. The fourth-order valence-electron chi connectivity index (χ4n) is 3.80.